The maximum atomic E-state index is 5.28. The highest BCUT2D eigenvalue weighted by molar-refractivity contribution is 7.80. The van der Waals surface area contributed by atoms with Crippen LogP contribution >= 0.6 is 12.2 Å². The van der Waals surface area contributed by atoms with Crippen molar-refractivity contribution >= 4 is 17.3 Å². The molecule has 4 nitrogen and oxygen atoms in total. The van der Waals surface area contributed by atoms with Crippen LogP contribution in [0.15, 0.2) is 10.6 Å². The Labute approximate surface area is 89.1 Å². The minimum Gasteiger partial charge on any atom is -0.444 e. The van der Waals surface area contributed by atoms with Crippen molar-refractivity contribution < 1.29 is 4.42 Å². The van der Waals surface area contributed by atoms with Gasteiger partial charge in [0.15, 0.2) is 5.11 Å². The normalized spacial score (nSPS) is 10.3. The Morgan fingerprint density at radius 3 is 2.86 bits per heavy atom. The van der Waals surface area contributed by atoms with E-state index in [2.05, 4.69) is 15.6 Å². The monoisotopic (exact) mass is 213 g/mol. The molecule has 0 radical (unpaired) electrons. The molecule has 0 atom stereocenters. The molecular formula is C9H15N3OS. The van der Waals surface area contributed by atoms with Crippen molar-refractivity contribution in [3.05, 3.63) is 17.8 Å². The maximum absolute atomic E-state index is 5.28. The van der Waals surface area contributed by atoms with E-state index in [0.29, 0.717) is 23.6 Å². The molecule has 14 heavy (non-hydrogen) atoms. The van der Waals surface area contributed by atoms with Crippen LogP contribution in [-0.2, 0) is 6.54 Å². The first kappa shape index (κ1) is 11.0. The largest absolute Gasteiger partial charge is 0.444 e. The second kappa shape index (κ2) is 4.95. The van der Waals surface area contributed by atoms with E-state index in [1.54, 1.807) is 6.20 Å². The molecule has 0 amide bonds. The fourth-order valence-corrected chi connectivity index (χ4v) is 1.26. The molecule has 0 saturated heterocycles. The zero-order valence-corrected chi connectivity index (χ0v) is 9.44. The lowest BCUT2D eigenvalue weighted by Gasteiger charge is -2.11. The van der Waals surface area contributed by atoms with Crippen molar-refractivity contribution in [2.45, 2.75) is 33.4 Å². The van der Waals surface area contributed by atoms with Gasteiger partial charge in [-0.15, -0.1) is 0 Å². The third-order valence-corrected chi connectivity index (χ3v) is 1.75. The predicted octanol–water partition coefficient (Wildman–Crippen LogP) is 1.36. The zero-order chi connectivity index (χ0) is 10.6. The Balaban J connectivity index is 2.30. The molecule has 0 bridgehead atoms. The Morgan fingerprint density at radius 2 is 2.36 bits per heavy atom. The molecule has 1 aromatic heterocycles. The van der Waals surface area contributed by atoms with Crippen LogP contribution in [0.1, 0.15) is 25.5 Å². The number of hydrogen-bond donors (Lipinski definition) is 2. The lowest BCUT2D eigenvalue weighted by atomic mass is 10.4. The average molecular weight is 213 g/mol. The number of oxazole rings is 1. The molecule has 78 valence electrons. The molecule has 5 heteroatoms. The van der Waals surface area contributed by atoms with Crippen LogP contribution in [0.25, 0.3) is 0 Å². The van der Waals surface area contributed by atoms with Gasteiger partial charge in [-0.3, -0.25) is 0 Å². The number of rotatable bonds is 3. The van der Waals surface area contributed by atoms with Gasteiger partial charge in [0.2, 0.25) is 5.89 Å². The lowest BCUT2D eigenvalue weighted by molar-refractivity contribution is 0.464. The highest BCUT2D eigenvalue weighted by Gasteiger charge is 2.02. The van der Waals surface area contributed by atoms with Crippen LogP contribution in [-0.4, -0.2) is 16.1 Å². The van der Waals surface area contributed by atoms with Gasteiger partial charge in [-0.05, 0) is 33.0 Å². The lowest BCUT2D eigenvalue weighted by Crippen LogP contribution is -2.38. The standard InChI is InChI=1S/C9H15N3OS/c1-6(2)12-9(14)11-5-8-10-4-7(3)13-8/h4,6H,5H2,1-3H3,(H2,11,12,14). The summed E-state index contributed by atoms with van der Waals surface area (Å²) in [6.07, 6.45) is 1.69. The topological polar surface area (TPSA) is 50.1 Å². The molecule has 0 saturated carbocycles. The molecule has 0 aliphatic rings. The minimum absolute atomic E-state index is 0.335. The fourth-order valence-electron chi connectivity index (χ4n) is 0.952. The summed E-state index contributed by atoms with van der Waals surface area (Å²) >= 11 is 5.04. The Bertz CT molecular complexity index is 309. The Hall–Kier alpha value is -1.10. The number of aryl methyl sites for hydroxylation is 1. The summed E-state index contributed by atoms with van der Waals surface area (Å²) in [5.74, 6) is 1.46. The van der Waals surface area contributed by atoms with Crippen LogP contribution in [0.4, 0.5) is 0 Å². The minimum atomic E-state index is 0.335. The zero-order valence-electron chi connectivity index (χ0n) is 8.63. The summed E-state index contributed by atoms with van der Waals surface area (Å²) in [4.78, 5) is 4.05. The van der Waals surface area contributed by atoms with Gasteiger partial charge in [0.25, 0.3) is 0 Å². The second-order valence-corrected chi connectivity index (χ2v) is 3.75. The van der Waals surface area contributed by atoms with Crippen LogP contribution in [0.2, 0.25) is 0 Å². The molecule has 1 heterocycles. The van der Waals surface area contributed by atoms with E-state index in [4.69, 9.17) is 16.6 Å². The van der Waals surface area contributed by atoms with E-state index in [9.17, 15) is 0 Å². The van der Waals surface area contributed by atoms with Gasteiger partial charge in [0.05, 0.1) is 12.7 Å². The van der Waals surface area contributed by atoms with Gasteiger partial charge >= 0.3 is 0 Å². The quantitative estimate of drug-likeness (QED) is 0.742. The highest BCUT2D eigenvalue weighted by Crippen LogP contribution is 2.00. The van der Waals surface area contributed by atoms with Crippen molar-refractivity contribution in [2.24, 2.45) is 0 Å². The average Bonchev–Trinajstić information content (AvgIpc) is 2.47. The van der Waals surface area contributed by atoms with Crippen LogP contribution in [0.5, 0.6) is 0 Å². The number of aromatic nitrogens is 1. The van der Waals surface area contributed by atoms with Crippen LogP contribution in [0, 0.1) is 6.92 Å². The maximum Gasteiger partial charge on any atom is 0.213 e. The van der Waals surface area contributed by atoms with Gasteiger partial charge in [-0.1, -0.05) is 0 Å². The van der Waals surface area contributed by atoms with E-state index in [1.165, 1.54) is 0 Å². The van der Waals surface area contributed by atoms with E-state index in [-0.39, 0.29) is 0 Å². The van der Waals surface area contributed by atoms with Crippen molar-refractivity contribution in [3.8, 4) is 0 Å². The third-order valence-electron chi connectivity index (χ3n) is 1.49. The number of nitrogens with zero attached hydrogens (tertiary/aromatic N) is 1. The van der Waals surface area contributed by atoms with E-state index < -0.39 is 0 Å². The summed E-state index contributed by atoms with van der Waals surface area (Å²) < 4.78 is 5.28. The van der Waals surface area contributed by atoms with E-state index >= 15 is 0 Å². The predicted molar refractivity (Wildman–Crippen MR) is 58.9 cm³/mol. The number of thiocarbonyl (C=S) groups is 1. The molecule has 1 rings (SSSR count). The number of hydrogen-bond acceptors (Lipinski definition) is 3. The van der Waals surface area contributed by atoms with E-state index in [0.717, 1.165) is 5.76 Å². The van der Waals surface area contributed by atoms with Crippen molar-refractivity contribution in [1.82, 2.24) is 15.6 Å². The molecule has 0 aliphatic heterocycles. The van der Waals surface area contributed by atoms with Crippen LogP contribution in [0.3, 0.4) is 0 Å². The number of nitrogens with one attached hydrogen (secondary N) is 2. The summed E-state index contributed by atoms with van der Waals surface area (Å²) in [6, 6.07) is 0.335. The fraction of sp³-hybridized carbons (Fsp3) is 0.556. The van der Waals surface area contributed by atoms with Crippen molar-refractivity contribution in [2.75, 3.05) is 0 Å². The summed E-state index contributed by atoms with van der Waals surface area (Å²) in [5, 5.41) is 6.70. The molecule has 0 unspecified atom stereocenters. The van der Waals surface area contributed by atoms with Gasteiger partial charge in [0.1, 0.15) is 5.76 Å². The summed E-state index contributed by atoms with van der Waals surface area (Å²) in [7, 11) is 0. The van der Waals surface area contributed by atoms with Crippen molar-refractivity contribution in [1.29, 1.82) is 0 Å². The second-order valence-electron chi connectivity index (χ2n) is 3.35. The van der Waals surface area contributed by atoms with Gasteiger partial charge < -0.3 is 15.1 Å². The SMILES string of the molecule is Cc1cnc(CNC(=S)NC(C)C)o1. The Kier molecular flexibility index (Phi) is 3.88. The Morgan fingerprint density at radius 1 is 1.64 bits per heavy atom. The summed E-state index contributed by atoms with van der Waals surface area (Å²) in [5.41, 5.74) is 0. The van der Waals surface area contributed by atoms with Crippen molar-refractivity contribution in [3.63, 3.8) is 0 Å². The first-order valence-electron chi connectivity index (χ1n) is 4.53. The van der Waals surface area contributed by atoms with Gasteiger partial charge in [-0.25, -0.2) is 4.98 Å². The van der Waals surface area contributed by atoms with E-state index in [1.807, 2.05) is 20.8 Å². The summed E-state index contributed by atoms with van der Waals surface area (Å²) in [6.45, 7) is 6.44. The third kappa shape index (κ3) is 3.74. The molecule has 0 aromatic carbocycles. The highest BCUT2D eigenvalue weighted by atomic mass is 32.1. The molecule has 2 N–H and O–H groups in total. The first-order valence-corrected chi connectivity index (χ1v) is 4.94. The first-order chi connectivity index (χ1) is 6.58. The van der Waals surface area contributed by atoms with Crippen LogP contribution < -0.4 is 10.6 Å². The molecule has 0 spiro atoms. The molecule has 0 aliphatic carbocycles. The molecule has 1 aromatic rings. The van der Waals surface area contributed by atoms with Gasteiger partial charge in [0, 0.05) is 6.04 Å². The molecular weight excluding hydrogens is 198 g/mol. The smallest absolute Gasteiger partial charge is 0.213 e. The molecule has 0 fully saturated rings. The van der Waals surface area contributed by atoms with Gasteiger partial charge in [-0.2, -0.15) is 0 Å².